The molecule has 7 heteroatoms. The molecule has 2 aliphatic heterocycles. The van der Waals surface area contributed by atoms with E-state index in [-0.39, 0.29) is 42.4 Å². The average molecular weight is 415 g/mol. The van der Waals surface area contributed by atoms with Gasteiger partial charge in [-0.2, -0.15) is 0 Å². The maximum absolute atomic E-state index is 13.4. The van der Waals surface area contributed by atoms with Gasteiger partial charge >= 0.3 is 0 Å². The number of hydrogen-bond donors (Lipinski definition) is 1. The molecule has 2 fully saturated rings. The lowest BCUT2D eigenvalue weighted by molar-refractivity contribution is -0.134. The first-order chi connectivity index (χ1) is 14.4. The Morgan fingerprint density at radius 3 is 2.63 bits per heavy atom. The van der Waals surface area contributed by atoms with Gasteiger partial charge in [0.15, 0.2) is 11.5 Å². The first kappa shape index (κ1) is 20.7. The van der Waals surface area contributed by atoms with Crippen molar-refractivity contribution < 1.29 is 23.9 Å². The third-order valence-electron chi connectivity index (χ3n) is 6.39. The van der Waals surface area contributed by atoms with Crippen molar-refractivity contribution >= 4 is 17.6 Å². The fraction of sp³-hybridized carbons (Fsp3) is 0.609. The molecule has 1 aromatic carbocycles. The van der Waals surface area contributed by atoms with Crippen molar-refractivity contribution in [3.63, 3.8) is 0 Å². The number of Topliss-reactive ketones (excluding diaryl/α,β-unsaturated/α-hetero) is 1. The highest BCUT2D eigenvalue weighted by molar-refractivity contribution is 5.85. The number of rotatable bonds is 8. The van der Waals surface area contributed by atoms with Crippen LogP contribution in [0.2, 0.25) is 0 Å². The highest BCUT2D eigenvalue weighted by Gasteiger charge is 2.47. The van der Waals surface area contributed by atoms with Crippen molar-refractivity contribution in [2.45, 2.75) is 70.4 Å². The Morgan fingerprint density at radius 1 is 1.13 bits per heavy atom. The Morgan fingerprint density at radius 2 is 1.90 bits per heavy atom. The van der Waals surface area contributed by atoms with Crippen LogP contribution in [0.25, 0.3) is 0 Å². The average Bonchev–Trinajstić information content (AvgIpc) is 3.29. The van der Waals surface area contributed by atoms with Crippen molar-refractivity contribution in [1.29, 1.82) is 0 Å². The lowest BCUT2D eigenvalue weighted by Crippen LogP contribution is -2.48. The van der Waals surface area contributed by atoms with Crippen LogP contribution in [0, 0.1) is 5.92 Å². The molecule has 1 saturated carbocycles. The number of benzene rings is 1. The minimum atomic E-state index is -0.286. The minimum Gasteiger partial charge on any atom is -0.454 e. The summed E-state index contributed by atoms with van der Waals surface area (Å²) in [5.74, 6) is 1.75. The maximum atomic E-state index is 13.4. The standard InChI is InChI=1S/C23H30N2O5/c1-14(26)4-3-5-21(27)24-18-10-11-25(22(18)16-6-7-16)23(28)15(2)17-8-9-19-20(12-17)30-13-29-19/h8-9,12,15-16,18,22H,3-7,10-11,13H2,1-2H3,(H,24,27)/t15-,18+,22-/m0/s1. The quantitative estimate of drug-likeness (QED) is 0.707. The molecule has 4 rings (SSSR count). The van der Waals surface area contributed by atoms with Crippen LogP contribution in [0.1, 0.15) is 63.9 Å². The Bertz CT molecular complexity index is 835. The molecule has 0 bridgehead atoms. The predicted octanol–water partition coefficient (Wildman–Crippen LogP) is 2.77. The zero-order valence-corrected chi connectivity index (χ0v) is 17.7. The Balaban J connectivity index is 1.40. The van der Waals surface area contributed by atoms with Crippen LogP contribution >= 0.6 is 0 Å². The molecule has 30 heavy (non-hydrogen) atoms. The van der Waals surface area contributed by atoms with Gasteiger partial charge in [0.1, 0.15) is 5.78 Å². The van der Waals surface area contributed by atoms with Crippen molar-refractivity contribution in [2.24, 2.45) is 5.92 Å². The lowest BCUT2D eigenvalue weighted by Gasteiger charge is -2.31. The molecular weight excluding hydrogens is 384 g/mol. The van der Waals surface area contributed by atoms with Crippen LogP contribution in [0.15, 0.2) is 18.2 Å². The van der Waals surface area contributed by atoms with Gasteiger partial charge in [-0.05, 0) is 63.1 Å². The molecule has 0 unspecified atom stereocenters. The van der Waals surface area contributed by atoms with E-state index >= 15 is 0 Å². The molecule has 1 N–H and O–H groups in total. The molecule has 3 aliphatic rings. The van der Waals surface area contributed by atoms with Crippen LogP contribution < -0.4 is 14.8 Å². The monoisotopic (exact) mass is 414 g/mol. The van der Waals surface area contributed by atoms with Gasteiger partial charge in [0.2, 0.25) is 18.6 Å². The van der Waals surface area contributed by atoms with Crippen LogP contribution in [0.4, 0.5) is 0 Å². The SMILES string of the molecule is CC(=O)CCCC(=O)N[C@@H]1CCN(C(=O)[C@@H](C)c2ccc3c(c2)OCO3)[C@H]1C1CC1. The fourth-order valence-electron chi connectivity index (χ4n) is 4.60. The number of carbonyl (C=O) groups is 3. The first-order valence-electron chi connectivity index (χ1n) is 10.9. The smallest absolute Gasteiger partial charge is 0.231 e. The number of likely N-dealkylation sites (tertiary alicyclic amines) is 1. The van der Waals surface area contributed by atoms with Gasteiger partial charge in [0, 0.05) is 19.4 Å². The molecule has 2 heterocycles. The van der Waals surface area contributed by atoms with Crippen LogP contribution in [-0.4, -0.2) is 47.9 Å². The molecule has 0 spiro atoms. The fourth-order valence-corrected chi connectivity index (χ4v) is 4.60. The summed E-state index contributed by atoms with van der Waals surface area (Å²) in [5.41, 5.74) is 0.913. The predicted molar refractivity (Wildman–Crippen MR) is 110 cm³/mol. The van der Waals surface area contributed by atoms with Crippen molar-refractivity contribution in [1.82, 2.24) is 10.2 Å². The number of nitrogens with one attached hydrogen (secondary N) is 1. The van der Waals surface area contributed by atoms with E-state index < -0.39 is 0 Å². The Hall–Kier alpha value is -2.57. The van der Waals surface area contributed by atoms with Gasteiger partial charge in [-0.3, -0.25) is 9.59 Å². The zero-order valence-electron chi connectivity index (χ0n) is 17.7. The summed E-state index contributed by atoms with van der Waals surface area (Å²) < 4.78 is 10.8. The highest BCUT2D eigenvalue weighted by Crippen LogP contribution is 2.42. The van der Waals surface area contributed by atoms with E-state index in [1.807, 2.05) is 30.0 Å². The largest absolute Gasteiger partial charge is 0.454 e. The van der Waals surface area contributed by atoms with Gasteiger partial charge in [-0.25, -0.2) is 0 Å². The highest BCUT2D eigenvalue weighted by atomic mass is 16.7. The third kappa shape index (κ3) is 4.45. The molecule has 2 amide bonds. The number of nitrogens with zero attached hydrogens (tertiary/aromatic N) is 1. The summed E-state index contributed by atoms with van der Waals surface area (Å²) in [6, 6.07) is 5.72. The van der Waals surface area contributed by atoms with Gasteiger partial charge in [0.05, 0.1) is 18.0 Å². The van der Waals surface area contributed by atoms with E-state index in [1.54, 1.807) is 6.92 Å². The summed E-state index contributed by atoms with van der Waals surface area (Å²) in [5, 5.41) is 3.14. The number of amides is 2. The van der Waals surface area contributed by atoms with Crippen LogP contribution in [0.5, 0.6) is 11.5 Å². The third-order valence-corrected chi connectivity index (χ3v) is 6.39. The summed E-state index contributed by atoms with van der Waals surface area (Å²) >= 11 is 0. The van der Waals surface area contributed by atoms with Crippen molar-refractivity contribution in [3.8, 4) is 11.5 Å². The summed E-state index contributed by atoms with van der Waals surface area (Å²) in [6.45, 7) is 4.35. The zero-order chi connectivity index (χ0) is 21.3. The number of ketones is 1. The maximum Gasteiger partial charge on any atom is 0.231 e. The minimum absolute atomic E-state index is 0.00441. The lowest BCUT2D eigenvalue weighted by atomic mass is 9.97. The number of fused-ring (bicyclic) bond motifs is 1. The van der Waals surface area contributed by atoms with E-state index in [0.717, 1.165) is 24.8 Å². The molecule has 162 valence electrons. The molecule has 1 saturated heterocycles. The summed E-state index contributed by atoms with van der Waals surface area (Å²) in [7, 11) is 0. The molecule has 7 nitrogen and oxygen atoms in total. The molecule has 1 aliphatic carbocycles. The van der Waals surface area contributed by atoms with E-state index in [4.69, 9.17) is 9.47 Å². The molecule has 1 aromatic rings. The van der Waals surface area contributed by atoms with Crippen LogP contribution in [-0.2, 0) is 14.4 Å². The second-order valence-corrected chi connectivity index (χ2v) is 8.71. The number of ether oxygens (including phenoxy) is 2. The molecule has 0 aromatic heterocycles. The number of carbonyl (C=O) groups excluding carboxylic acids is 3. The van der Waals surface area contributed by atoms with Gasteiger partial charge in [0.25, 0.3) is 0 Å². The van der Waals surface area contributed by atoms with Crippen molar-refractivity contribution in [2.75, 3.05) is 13.3 Å². The van der Waals surface area contributed by atoms with Crippen molar-refractivity contribution in [3.05, 3.63) is 23.8 Å². The van der Waals surface area contributed by atoms with E-state index in [9.17, 15) is 14.4 Å². The number of hydrogen-bond acceptors (Lipinski definition) is 5. The van der Waals surface area contributed by atoms with Gasteiger partial charge in [-0.1, -0.05) is 6.07 Å². The van der Waals surface area contributed by atoms with Crippen LogP contribution in [0.3, 0.4) is 0 Å². The van der Waals surface area contributed by atoms with Gasteiger partial charge < -0.3 is 24.5 Å². The first-order valence-corrected chi connectivity index (χ1v) is 10.9. The Labute approximate surface area is 177 Å². The van der Waals surface area contributed by atoms with Gasteiger partial charge in [-0.15, -0.1) is 0 Å². The second-order valence-electron chi connectivity index (χ2n) is 8.71. The Kier molecular flexibility index (Phi) is 5.97. The molecule has 0 radical (unpaired) electrons. The van der Waals surface area contributed by atoms with E-state index in [0.29, 0.717) is 43.2 Å². The van der Waals surface area contributed by atoms with E-state index in [1.165, 1.54) is 0 Å². The summed E-state index contributed by atoms with van der Waals surface area (Å²) in [6.07, 6.45) is 4.34. The molecule has 3 atom stereocenters. The molecular formula is C23H30N2O5. The topological polar surface area (TPSA) is 84.9 Å². The van der Waals surface area contributed by atoms with E-state index in [2.05, 4.69) is 5.32 Å². The normalized spacial score (nSPS) is 23.3. The summed E-state index contributed by atoms with van der Waals surface area (Å²) in [4.78, 5) is 38.8. The second kappa shape index (κ2) is 8.66.